The van der Waals surface area contributed by atoms with Crippen LogP contribution in [-0.4, -0.2) is 6.29 Å². The molecule has 1 aromatic rings. The molecule has 0 atom stereocenters. The van der Waals surface area contributed by atoms with Crippen LogP contribution in [0.2, 0.25) is 0 Å². The average molecular weight is 268 g/mol. The average Bonchev–Trinajstić information content (AvgIpc) is 2.07. The second-order valence-corrected chi connectivity index (χ2v) is 3.34. The number of hydrogen-bond donors (Lipinski definition) is 1. The first-order valence-electron chi connectivity index (χ1n) is 3.48. The third kappa shape index (κ3) is 1.89. The lowest BCUT2D eigenvalue weighted by atomic mass is 10.1. The maximum atomic E-state index is 12.4. The van der Waals surface area contributed by atoms with E-state index in [9.17, 15) is 18.0 Å². The van der Waals surface area contributed by atoms with Gasteiger partial charge in [0.05, 0.1) is 10.0 Å². The monoisotopic (exact) mass is 267 g/mol. The molecule has 0 aliphatic heterocycles. The number of aldehydes is 1. The minimum Gasteiger partial charge on any atom is -0.398 e. The third-order valence-electron chi connectivity index (χ3n) is 1.61. The molecular formula is C8H5BrF3NO. The van der Waals surface area contributed by atoms with E-state index in [0.717, 1.165) is 6.07 Å². The molecule has 2 N–H and O–H groups in total. The molecule has 0 fully saturated rings. The third-order valence-corrected chi connectivity index (χ3v) is 2.47. The molecule has 0 spiro atoms. The van der Waals surface area contributed by atoms with E-state index in [0.29, 0.717) is 0 Å². The van der Waals surface area contributed by atoms with Crippen molar-refractivity contribution in [2.45, 2.75) is 6.18 Å². The van der Waals surface area contributed by atoms with Crippen LogP contribution in [-0.2, 0) is 6.18 Å². The van der Waals surface area contributed by atoms with Gasteiger partial charge >= 0.3 is 6.18 Å². The molecule has 0 aliphatic rings. The van der Waals surface area contributed by atoms with Gasteiger partial charge in [0, 0.05) is 11.3 Å². The first-order chi connectivity index (χ1) is 6.38. The maximum absolute atomic E-state index is 12.4. The summed E-state index contributed by atoms with van der Waals surface area (Å²) in [6.07, 6.45) is -4.45. The highest BCUT2D eigenvalue weighted by atomic mass is 79.9. The van der Waals surface area contributed by atoms with E-state index in [1.165, 1.54) is 6.07 Å². The molecule has 0 saturated heterocycles. The van der Waals surface area contributed by atoms with Crippen molar-refractivity contribution in [2.75, 3.05) is 5.73 Å². The van der Waals surface area contributed by atoms with Gasteiger partial charge in [-0.2, -0.15) is 13.2 Å². The number of rotatable bonds is 1. The highest BCUT2D eigenvalue weighted by Crippen LogP contribution is 2.39. The van der Waals surface area contributed by atoms with E-state index in [1.807, 2.05) is 0 Å². The quantitative estimate of drug-likeness (QED) is 0.628. The van der Waals surface area contributed by atoms with E-state index in [4.69, 9.17) is 5.73 Å². The number of nitrogens with two attached hydrogens (primary N) is 1. The molecule has 0 bridgehead atoms. The molecule has 14 heavy (non-hydrogen) atoms. The molecule has 1 rings (SSSR count). The van der Waals surface area contributed by atoms with Gasteiger partial charge in [0.1, 0.15) is 0 Å². The molecule has 1 aromatic carbocycles. The predicted molar refractivity (Wildman–Crippen MR) is 48.9 cm³/mol. The smallest absolute Gasteiger partial charge is 0.398 e. The zero-order chi connectivity index (χ0) is 10.9. The topological polar surface area (TPSA) is 43.1 Å². The van der Waals surface area contributed by atoms with Gasteiger partial charge in [-0.25, -0.2) is 0 Å². The molecular weight excluding hydrogens is 263 g/mol. The number of alkyl halides is 3. The Balaban J connectivity index is 3.51. The fourth-order valence-corrected chi connectivity index (χ4v) is 1.58. The van der Waals surface area contributed by atoms with Crippen molar-refractivity contribution in [2.24, 2.45) is 0 Å². The van der Waals surface area contributed by atoms with Crippen LogP contribution >= 0.6 is 15.9 Å². The number of carbonyl (C=O) groups is 1. The van der Waals surface area contributed by atoms with Crippen LogP contribution in [0.5, 0.6) is 0 Å². The molecule has 6 heteroatoms. The molecule has 0 heterocycles. The van der Waals surface area contributed by atoms with Crippen LogP contribution in [0.25, 0.3) is 0 Å². The van der Waals surface area contributed by atoms with Gasteiger partial charge < -0.3 is 5.73 Å². The molecule has 0 aliphatic carbocycles. The van der Waals surface area contributed by atoms with Gasteiger partial charge in [-0.15, -0.1) is 0 Å². The number of hydrogen-bond acceptors (Lipinski definition) is 2. The Morgan fingerprint density at radius 2 is 1.93 bits per heavy atom. The first kappa shape index (κ1) is 11.0. The van der Waals surface area contributed by atoms with E-state index in [-0.39, 0.29) is 16.4 Å². The molecule has 0 unspecified atom stereocenters. The Morgan fingerprint density at radius 1 is 1.36 bits per heavy atom. The SMILES string of the molecule is Nc1ccc(C=O)c(C(F)(F)F)c1Br. The van der Waals surface area contributed by atoms with Crippen LogP contribution < -0.4 is 5.73 Å². The van der Waals surface area contributed by atoms with Crippen molar-refractivity contribution in [3.05, 3.63) is 27.7 Å². The minimum absolute atomic E-state index is 0.0528. The van der Waals surface area contributed by atoms with Crippen molar-refractivity contribution in [1.82, 2.24) is 0 Å². The van der Waals surface area contributed by atoms with Gasteiger partial charge in [0.15, 0.2) is 6.29 Å². The van der Waals surface area contributed by atoms with E-state index in [1.54, 1.807) is 0 Å². The lowest BCUT2D eigenvalue weighted by molar-refractivity contribution is -0.138. The summed E-state index contributed by atoms with van der Waals surface area (Å²) in [5.41, 5.74) is 3.76. The highest BCUT2D eigenvalue weighted by Gasteiger charge is 2.36. The van der Waals surface area contributed by atoms with E-state index < -0.39 is 17.3 Å². The van der Waals surface area contributed by atoms with Crippen LogP contribution in [0.1, 0.15) is 15.9 Å². The summed E-state index contributed by atoms with van der Waals surface area (Å²) >= 11 is 2.70. The molecule has 0 aromatic heterocycles. The summed E-state index contributed by atoms with van der Waals surface area (Å²) in [5.74, 6) is 0. The Labute approximate surface area is 86.0 Å². The normalized spacial score (nSPS) is 11.4. The molecule has 2 nitrogen and oxygen atoms in total. The summed E-state index contributed by atoms with van der Waals surface area (Å²) in [6.45, 7) is 0. The molecule has 76 valence electrons. The Bertz CT molecular complexity index is 376. The van der Waals surface area contributed by atoms with Gasteiger partial charge in [0.25, 0.3) is 0 Å². The van der Waals surface area contributed by atoms with E-state index in [2.05, 4.69) is 15.9 Å². The van der Waals surface area contributed by atoms with Gasteiger partial charge in [-0.05, 0) is 28.1 Å². The molecule has 0 amide bonds. The van der Waals surface area contributed by atoms with Crippen LogP contribution in [0.4, 0.5) is 18.9 Å². The number of benzene rings is 1. The number of carbonyl (C=O) groups excluding carboxylic acids is 1. The fourth-order valence-electron chi connectivity index (χ4n) is 0.993. The maximum Gasteiger partial charge on any atom is 0.418 e. The summed E-state index contributed by atoms with van der Waals surface area (Å²) in [7, 11) is 0. The Morgan fingerprint density at radius 3 is 2.36 bits per heavy atom. The Hall–Kier alpha value is -1.04. The van der Waals surface area contributed by atoms with Gasteiger partial charge in [-0.1, -0.05) is 0 Å². The van der Waals surface area contributed by atoms with Crippen molar-refractivity contribution in [3.63, 3.8) is 0 Å². The van der Waals surface area contributed by atoms with Crippen molar-refractivity contribution in [1.29, 1.82) is 0 Å². The summed E-state index contributed by atoms with van der Waals surface area (Å²) in [4.78, 5) is 10.4. The molecule has 0 radical (unpaired) electrons. The van der Waals surface area contributed by atoms with Crippen LogP contribution in [0.15, 0.2) is 16.6 Å². The summed E-state index contributed by atoms with van der Waals surface area (Å²) < 4.78 is 37.0. The second-order valence-electron chi connectivity index (χ2n) is 2.55. The van der Waals surface area contributed by atoms with Crippen LogP contribution in [0.3, 0.4) is 0 Å². The fraction of sp³-hybridized carbons (Fsp3) is 0.125. The number of halogens is 4. The van der Waals surface area contributed by atoms with Gasteiger partial charge in [-0.3, -0.25) is 4.79 Å². The second kappa shape index (κ2) is 3.61. The zero-order valence-corrected chi connectivity index (χ0v) is 8.32. The van der Waals surface area contributed by atoms with Crippen molar-refractivity contribution >= 4 is 27.9 Å². The molecule has 0 saturated carbocycles. The van der Waals surface area contributed by atoms with Crippen molar-refractivity contribution in [3.8, 4) is 0 Å². The number of anilines is 1. The summed E-state index contributed by atoms with van der Waals surface area (Å²) in [5, 5.41) is 0. The minimum atomic E-state index is -4.59. The van der Waals surface area contributed by atoms with E-state index >= 15 is 0 Å². The standard InChI is InChI=1S/C8H5BrF3NO/c9-7-5(13)2-1-4(3-14)6(7)8(10,11)12/h1-3H,13H2. The van der Waals surface area contributed by atoms with Crippen molar-refractivity contribution < 1.29 is 18.0 Å². The van der Waals surface area contributed by atoms with Gasteiger partial charge in [0.2, 0.25) is 0 Å². The Kier molecular flexibility index (Phi) is 2.84. The highest BCUT2D eigenvalue weighted by molar-refractivity contribution is 9.10. The largest absolute Gasteiger partial charge is 0.418 e. The summed E-state index contributed by atoms with van der Waals surface area (Å²) in [6, 6.07) is 2.28. The van der Waals surface area contributed by atoms with Crippen LogP contribution in [0, 0.1) is 0 Å². The lowest BCUT2D eigenvalue weighted by Gasteiger charge is -2.12. The zero-order valence-electron chi connectivity index (χ0n) is 6.73. The predicted octanol–water partition coefficient (Wildman–Crippen LogP) is 2.86. The first-order valence-corrected chi connectivity index (χ1v) is 4.27. The lowest BCUT2D eigenvalue weighted by Crippen LogP contribution is -2.11. The number of nitrogen functional groups attached to an aromatic ring is 1.